The molecule has 3 heteroatoms. The number of nitrogens with zero attached hydrogens (tertiary/aromatic N) is 2. The van der Waals surface area contributed by atoms with Crippen molar-refractivity contribution < 1.29 is 4.84 Å². The lowest BCUT2D eigenvalue weighted by molar-refractivity contribution is -0.125. The molecule has 1 aromatic carbocycles. The second-order valence-corrected chi connectivity index (χ2v) is 3.88. The molecule has 2 rings (SSSR count). The Morgan fingerprint density at radius 1 is 1.33 bits per heavy atom. The van der Waals surface area contributed by atoms with E-state index in [1.807, 2.05) is 37.4 Å². The molecule has 3 atom stereocenters. The summed E-state index contributed by atoms with van der Waals surface area (Å²) in [5, 5.41) is 10.8. The summed E-state index contributed by atoms with van der Waals surface area (Å²) in [4.78, 5) is 5.46. The molecule has 1 fully saturated rings. The minimum absolute atomic E-state index is 0.140. The first-order valence-corrected chi connectivity index (χ1v) is 5.08. The second kappa shape index (κ2) is 4.01. The van der Waals surface area contributed by atoms with Gasteiger partial charge in [-0.2, -0.15) is 10.3 Å². The van der Waals surface area contributed by atoms with E-state index in [-0.39, 0.29) is 18.1 Å². The third-order valence-electron chi connectivity index (χ3n) is 3.01. The van der Waals surface area contributed by atoms with Crippen LogP contribution in [-0.2, 0) is 4.84 Å². The Morgan fingerprint density at radius 3 is 2.60 bits per heavy atom. The molecule has 0 aromatic heterocycles. The van der Waals surface area contributed by atoms with E-state index in [2.05, 4.69) is 13.0 Å². The maximum atomic E-state index is 9.03. The van der Waals surface area contributed by atoms with Gasteiger partial charge in [0.1, 0.15) is 0 Å². The van der Waals surface area contributed by atoms with Crippen LogP contribution < -0.4 is 0 Å². The number of hydrogen-bond acceptors (Lipinski definition) is 3. The topological polar surface area (TPSA) is 36.3 Å². The fraction of sp³-hybridized carbons (Fsp3) is 0.417. The molecule has 0 unspecified atom stereocenters. The van der Waals surface area contributed by atoms with Crippen LogP contribution in [0.25, 0.3) is 0 Å². The molecule has 1 aromatic rings. The fourth-order valence-corrected chi connectivity index (χ4v) is 2.05. The van der Waals surface area contributed by atoms with Crippen molar-refractivity contribution in [2.45, 2.75) is 25.0 Å². The third kappa shape index (κ3) is 1.74. The van der Waals surface area contributed by atoms with Crippen LogP contribution in [0.5, 0.6) is 0 Å². The molecular formula is C12H14N2O. The third-order valence-corrected chi connectivity index (χ3v) is 3.01. The van der Waals surface area contributed by atoms with Crippen molar-refractivity contribution in [2.75, 3.05) is 7.05 Å². The van der Waals surface area contributed by atoms with E-state index < -0.39 is 0 Å². The summed E-state index contributed by atoms with van der Waals surface area (Å²) in [6, 6.07) is 12.5. The average Bonchev–Trinajstić information content (AvgIpc) is 2.56. The highest BCUT2D eigenvalue weighted by atomic mass is 16.7. The molecule has 78 valence electrons. The van der Waals surface area contributed by atoms with Crippen molar-refractivity contribution in [1.82, 2.24) is 5.06 Å². The molecule has 0 N–H and O–H groups in total. The van der Waals surface area contributed by atoms with Gasteiger partial charge in [-0.1, -0.05) is 30.3 Å². The molecule has 0 radical (unpaired) electrons. The van der Waals surface area contributed by atoms with Crippen LogP contribution in [0.2, 0.25) is 0 Å². The SMILES string of the molecule is C[C@H]1[C@H](c2ccccc2)[C@H](C#N)ON1C. The summed E-state index contributed by atoms with van der Waals surface area (Å²) in [6.07, 6.45) is -0.368. The van der Waals surface area contributed by atoms with Gasteiger partial charge in [0.25, 0.3) is 0 Å². The van der Waals surface area contributed by atoms with Gasteiger partial charge in [0.05, 0.1) is 6.07 Å². The van der Waals surface area contributed by atoms with Crippen LogP contribution in [0.1, 0.15) is 18.4 Å². The normalized spacial score (nSPS) is 31.4. The van der Waals surface area contributed by atoms with E-state index in [9.17, 15) is 0 Å². The van der Waals surface area contributed by atoms with E-state index in [0.717, 1.165) is 0 Å². The van der Waals surface area contributed by atoms with E-state index >= 15 is 0 Å². The molecule has 3 nitrogen and oxygen atoms in total. The van der Waals surface area contributed by atoms with Gasteiger partial charge < -0.3 is 0 Å². The van der Waals surface area contributed by atoms with E-state index in [4.69, 9.17) is 10.1 Å². The number of hydrogen-bond donors (Lipinski definition) is 0. The lowest BCUT2D eigenvalue weighted by Gasteiger charge is -2.17. The Kier molecular flexibility index (Phi) is 2.72. The van der Waals surface area contributed by atoms with Crippen LogP contribution >= 0.6 is 0 Å². The zero-order chi connectivity index (χ0) is 10.8. The standard InChI is InChI=1S/C12H14N2O/c1-9-12(10-6-4-3-5-7-10)11(8-13)15-14(9)2/h3-7,9,11-12H,1-2H3/t9-,11-,12+/m0/s1. The molecule has 0 saturated carbocycles. The minimum Gasteiger partial charge on any atom is -0.280 e. The predicted molar refractivity (Wildman–Crippen MR) is 56.9 cm³/mol. The molecule has 0 spiro atoms. The van der Waals surface area contributed by atoms with Crippen LogP contribution in [0, 0.1) is 11.3 Å². The number of hydroxylamine groups is 2. The summed E-state index contributed by atoms with van der Waals surface area (Å²) in [5.41, 5.74) is 1.17. The largest absolute Gasteiger partial charge is 0.280 e. The molecule has 0 aliphatic carbocycles. The second-order valence-electron chi connectivity index (χ2n) is 3.88. The van der Waals surface area contributed by atoms with Gasteiger partial charge in [0.2, 0.25) is 0 Å². The average molecular weight is 202 g/mol. The molecule has 1 saturated heterocycles. The summed E-state index contributed by atoms with van der Waals surface area (Å²) < 4.78 is 0. The molecule has 0 bridgehead atoms. The highest BCUT2D eigenvalue weighted by molar-refractivity contribution is 5.25. The first-order valence-electron chi connectivity index (χ1n) is 5.08. The van der Waals surface area contributed by atoms with Crippen LogP contribution in [0.4, 0.5) is 0 Å². The lowest BCUT2D eigenvalue weighted by atomic mass is 9.89. The Bertz CT molecular complexity index is 371. The van der Waals surface area contributed by atoms with E-state index in [1.54, 1.807) is 5.06 Å². The molecule has 0 amide bonds. The Balaban J connectivity index is 2.32. The van der Waals surface area contributed by atoms with Gasteiger partial charge in [-0.05, 0) is 12.5 Å². The van der Waals surface area contributed by atoms with Crippen LogP contribution in [0.3, 0.4) is 0 Å². The Hall–Kier alpha value is -1.37. The first-order chi connectivity index (χ1) is 7.24. The Labute approximate surface area is 89.8 Å². The lowest BCUT2D eigenvalue weighted by Crippen LogP contribution is -2.24. The van der Waals surface area contributed by atoms with Gasteiger partial charge in [-0.3, -0.25) is 4.84 Å². The Morgan fingerprint density at radius 2 is 2.00 bits per heavy atom. The summed E-state index contributed by atoms with van der Waals surface area (Å²) in [6.45, 7) is 2.08. The zero-order valence-electron chi connectivity index (χ0n) is 8.92. The van der Waals surface area contributed by atoms with E-state index in [1.165, 1.54) is 5.56 Å². The number of benzene rings is 1. The molecule has 1 aliphatic heterocycles. The van der Waals surface area contributed by atoms with Crippen LogP contribution in [-0.4, -0.2) is 24.3 Å². The maximum absolute atomic E-state index is 9.03. The zero-order valence-corrected chi connectivity index (χ0v) is 8.92. The quantitative estimate of drug-likeness (QED) is 0.698. The number of nitriles is 1. The van der Waals surface area contributed by atoms with Crippen molar-refractivity contribution in [3.05, 3.63) is 35.9 Å². The summed E-state index contributed by atoms with van der Waals surface area (Å²) in [7, 11) is 1.87. The van der Waals surface area contributed by atoms with Crippen molar-refractivity contribution in [1.29, 1.82) is 5.26 Å². The first kappa shape index (κ1) is 10.2. The number of likely N-dealkylation sites (N-methyl/N-ethyl adjacent to an activating group) is 1. The molecule has 15 heavy (non-hydrogen) atoms. The fourth-order valence-electron chi connectivity index (χ4n) is 2.05. The van der Waals surface area contributed by atoms with Gasteiger partial charge in [-0.25, -0.2) is 0 Å². The molecule has 1 aliphatic rings. The molecule has 1 heterocycles. The number of rotatable bonds is 1. The predicted octanol–water partition coefficient (Wildman–Crippen LogP) is 1.93. The van der Waals surface area contributed by atoms with E-state index in [0.29, 0.717) is 0 Å². The van der Waals surface area contributed by atoms with Gasteiger partial charge in [0.15, 0.2) is 6.10 Å². The highest BCUT2D eigenvalue weighted by Crippen LogP contribution is 2.34. The van der Waals surface area contributed by atoms with Gasteiger partial charge in [-0.15, -0.1) is 0 Å². The van der Waals surface area contributed by atoms with Crippen molar-refractivity contribution in [3.8, 4) is 6.07 Å². The molecular weight excluding hydrogens is 188 g/mol. The van der Waals surface area contributed by atoms with Crippen molar-refractivity contribution in [3.63, 3.8) is 0 Å². The highest BCUT2D eigenvalue weighted by Gasteiger charge is 2.39. The van der Waals surface area contributed by atoms with Crippen molar-refractivity contribution >= 4 is 0 Å². The monoisotopic (exact) mass is 202 g/mol. The smallest absolute Gasteiger partial charge is 0.173 e. The minimum atomic E-state index is -0.368. The van der Waals surface area contributed by atoms with Gasteiger partial charge in [0, 0.05) is 19.0 Å². The van der Waals surface area contributed by atoms with Crippen LogP contribution in [0.15, 0.2) is 30.3 Å². The summed E-state index contributed by atoms with van der Waals surface area (Å²) >= 11 is 0. The van der Waals surface area contributed by atoms with Crippen molar-refractivity contribution in [2.24, 2.45) is 0 Å². The summed E-state index contributed by atoms with van der Waals surface area (Å²) in [5.74, 6) is 0.140. The van der Waals surface area contributed by atoms with Gasteiger partial charge >= 0.3 is 0 Å². The maximum Gasteiger partial charge on any atom is 0.173 e.